The number of carbonyl (C=O) groups is 1. The monoisotopic (exact) mass is 206 g/mol. The van der Waals surface area contributed by atoms with Gasteiger partial charge in [0.1, 0.15) is 0 Å². The molecule has 0 atom stereocenters. The fourth-order valence-electron chi connectivity index (χ4n) is 0.934. The number of rotatable bonds is 2. The van der Waals surface area contributed by atoms with E-state index in [-0.39, 0.29) is 0 Å². The van der Waals surface area contributed by atoms with Crippen LogP contribution in [0.15, 0.2) is 6.07 Å². The highest BCUT2D eigenvalue weighted by atomic mass is 19.3. The van der Waals surface area contributed by atoms with Crippen LogP contribution in [0.2, 0.25) is 0 Å². The minimum Gasteiger partial charge on any atom is -0.476 e. The highest BCUT2D eigenvalue weighted by molar-refractivity contribution is 5.88. The van der Waals surface area contributed by atoms with Crippen LogP contribution in [-0.4, -0.2) is 16.1 Å². The first-order valence-corrected chi connectivity index (χ1v) is 3.41. The Morgan fingerprint density at radius 1 is 1.57 bits per heavy atom. The van der Waals surface area contributed by atoms with E-state index in [9.17, 15) is 18.0 Å². The quantitative estimate of drug-likeness (QED) is 0.717. The highest BCUT2D eigenvalue weighted by Crippen LogP contribution is 2.27. The molecule has 4 nitrogen and oxygen atoms in total. The Balaban J connectivity index is 3.44. The van der Waals surface area contributed by atoms with Gasteiger partial charge >= 0.3 is 5.97 Å². The molecule has 0 saturated heterocycles. The van der Waals surface area contributed by atoms with Gasteiger partial charge in [-0.05, 0) is 0 Å². The molecule has 0 spiro atoms. The number of anilines is 1. The number of aromatic nitrogens is 1. The van der Waals surface area contributed by atoms with Crippen LogP contribution >= 0.6 is 0 Å². The molecule has 1 rings (SSSR count). The van der Waals surface area contributed by atoms with Crippen LogP contribution in [0.3, 0.4) is 0 Å². The third kappa shape index (κ3) is 1.76. The molecule has 0 amide bonds. The summed E-state index contributed by atoms with van der Waals surface area (Å²) < 4.78 is 37.1. The zero-order valence-corrected chi connectivity index (χ0v) is 6.67. The van der Waals surface area contributed by atoms with E-state index < -0.39 is 35.3 Å². The number of carboxylic acid groups (broad SMARTS) is 1. The van der Waals surface area contributed by atoms with Crippen molar-refractivity contribution >= 4 is 11.7 Å². The molecule has 0 aliphatic heterocycles. The third-order valence-electron chi connectivity index (χ3n) is 1.48. The molecule has 76 valence electrons. The number of hydrogen-bond donors (Lipinski definition) is 2. The lowest BCUT2D eigenvalue weighted by Crippen LogP contribution is -2.10. The Bertz CT molecular complexity index is 381. The van der Waals surface area contributed by atoms with Gasteiger partial charge in [0.2, 0.25) is 5.95 Å². The molecule has 0 radical (unpaired) electrons. The standard InChI is InChI=1S/C7H5F3N2O2/c8-3-1-2(11)4(6(9)10)5(12-3)7(13)14/h1,6H,(H2,11,12)(H,13,14). The molecule has 0 saturated carbocycles. The summed E-state index contributed by atoms with van der Waals surface area (Å²) in [7, 11) is 0. The zero-order chi connectivity index (χ0) is 10.9. The molecule has 7 heteroatoms. The molecule has 0 aliphatic rings. The number of aromatic carboxylic acids is 1. The van der Waals surface area contributed by atoms with E-state index in [1.54, 1.807) is 0 Å². The lowest BCUT2D eigenvalue weighted by molar-refractivity contribution is 0.0675. The number of carboxylic acids is 1. The molecule has 0 aromatic carbocycles. The van der Waals surface area contributed by atoms with Gasteiger partial charge in [-0.15, -0.1) is 0 Å². The van der Waals surface area contributed by atoms with Crippen molar-refractivity contribution in [1.82, 2.24) is 4.98 Å². The summed E-state index contributed by atoms with van der Waals surface area (Å²) in [6.45, 7) is 0. The van der Waals surface area contributed by atoms with E-state index in [2.05, 4.69) is 4.98 Å². The Labute approximate surface area is 76.2 Å². The maximum Gasteiger partial charge on any atom is 0.355 e. The van der Waals surface area contributed by atoms with E-state index in [0.717, 1.165) is 0 Å². The summed E-state index contributed by atoms with van der Waals surface area (Å²) in [6, 6.07) is 0.550. The van der Waals surface area contributed by atoms with Gasteiger partial charge in [-0.2, -0.15) is 4.39 Å². The van der Waals surface area contributed by atoms with Gasteiger partial charge in [0, 0.05) is 11.8 Å². The Kier molecular flexibility index (Phi) is 2.59. The molecular formula is C7H5F3N2O2. The first kappa shape index (κ1) is 10.3. The van der Waals surface area contributed by atoms with Crippen LogP contribution in [0.1, 0.15) is 22.5 Å². The molecule has 0 unspecified atom stereocenters. The number of nitrogen functional groups attached to an aromatic ring is 1. The lowest BCUT2D eigenvalue weighted by Gasteiger charge is -2.07. The molecule has 1 aromatic rings. The maximum atomic E-state index is 12.5. The molecule has 0 bridgehead atoms. The van der Waals surface area contributed by atoms with Crippen molar-refractivity contribution in [3.63, 3.8) is 0 Å². The van der Waals surface area contributed by atoms with Crippen molar-refractivity contribution in [2.75, 3.05) is 5.73 Å². The fourth-order valence-corrected chi connectivity index (χ4v) is 0.934. The van der Waals surface area contributed by atoms with Gasteiger partial charge in [-0.3, -0.25) is 0 Å². The van der Waals surface area contributed by atoms with E-state index in [4.69, 9.17) is 10.8 Å². The number of pyridine rings is 1. The van der Waals surface area contributed by atoms with Crippen molar-refractivity contribution < 1.29 is 23.1 Å². The van der Waals surface area contributed by atoms with Crippen LogP contribution < -0.4 is 5.73 Å². The summed E-state index contributed by atoms with van der Waals surface area (Å²) >= 11 is 0. The number of halogens is 3. The second kappa shape index (κ2) is 3.52. The summed E-state index contributed by atoms with van der Waals surface area (Å²) in [5, 5.41) is 8.45. The van der Waals surface area contributed by atoms with Crippen LogP contribution in [0.5, 0.6) is 0 Å². The van der Waals surface area contributed by atoms with Crippen molar-refractivity contribution in [2.45, 2.75) is 6.43 Å². The highest BCUT2D eigenvalue weighted by Gasteiger charge is 2.23. The van der Waals surface area contributed by atoms with Gasteiger partial charge in [-0.1, -0.05) is 0 Å². The summed E-state index contributed by atoms with van der Waals surface area (Å²) in [5.41, 5.74) is 2.40. The first-order valence-electron chi connectivity index (χ1n) is 3.41. The number of hydrogen-bond acceptors (Lipinski definition) is 3. The minimum absolute atomic E-state index is 0.550. The average molecular weight is 206 g/mol. The van der Waals surface area contributed by atoms with E-state index in [1.807, 2.05) is 0 Å². The van der Waals surface area contributed by atoms with Gasteiger partial charge in [0.25, 0.3) is 6.43 Å². The smallest absolute Gasteiger partial charge is 0.355 e. The predicted molar refractivity (Wildman–Crippen MR) is 40.5 cm³/mol. The summed E-state index contributed by atoms with van der Waals surface area (Å²) in [4.78, 5) is 13.2. The second-order valence-electron chi connectivity index (χ2n) is 2.40. The number of nitrogens with two attached hydrogens (primary N) is 1. The molecule has 1 aromatic heterocycles. The number of alkyl halides is 2. The van der Waals surface area contributed by atoms with E-state index in [1.165, 1.54) is 0 Å². The van der Waals surface area contributed by atoms with Crippen molar-refractivity contribution in [3.8, 4) is 0 Å². The summed E-state index contributed by atoms with van der Waals surface area (Å²) in [6.07, 6.45) is -3.10. The maximum absolute atomic E-state index is 12.5. The van der Waals surface area contributed by atoms with Crippen LogP contribution in [0.4, 0.5) is 18.9 Å². The minimum atomic E-state index is -3.10. The normalized spacial score (nSPS) is 10.6. The largest absolute Gasteiger partial charge is 0.476 e. The van der Waals surface area contributed by atoms with Crippen LogP contribution in [-0.2, 0) is 0 Å². The molecule has 3 N–H and O–H groups in total. The number of nitrogens with zero attached hydrogens (tertiary/aromatic N) is 1. The van der Waals surface area contributed by atoms with E-state index in [0.29, 0.717) is 6.07 Å². The molecular weight excluding hydrogens is 201 g/mol. The van der Waals surface area contributed by atoms with Crippen molar-refractivity contribution in [2.24, 2.45) is 0 Å². The van der Waals surface area contributed by atoms with Gasteiger partial charge < -0.3 is 10.8 Å². The first-order chi connectivity index (χ1) is 6.43. The van der Waals surface area contributed by atoms with Gasteiger partial charge in [0.05, 0.1) is 5.56 Å². The molecule has 0 aliphatic carbocycles. The predicted octanol–water partition coefficient (Wildman–Crippen LogP) is 1.44. The van der Waals surface area contributed by atoms with Crippen LogP contribution in [0.25, 0.3) is 0 Å². The average Bonchev–Trinajstić information content (AvgIpc) is 2.01. The van der Waals surface area contributed by atoms with Crippen molar-refractivity contribution in [3.05, 3.63) is 23.3 Å². The lowest BCUT2D eigenvalue weighted by atomic mass is 10.1. The van der Waals surface area contributed by atoms with Crippen molar-refractivity contribution in [1.29, 1.82) is 0 Å². The second-order valence-corrected chi connectivity index (χ2v) is 2.40. The summed E-state index contributed by atoms with van der Waals surface area (Å²) in [5.74, 6) is -2.95. The van der Waals surface area contributed by atoms with E-state index >= 15 is 0 Å². The topological polar surface area (TPSA) is 76.2 Å². The zero-order valence-electron chi connectivity index (χ0n) is 6.67. The fraction of sp³-hybridized carbons (Fsp3) is 0.143. The third-order valence-corrected chi connectivity index (χ3v) is 1.48. The Morgan fingerprint density at radius 3 is 2.57 bits per heavy atom. The van der Waals surface area contributed by atoms with Gasteiger partial charge in [0.15, 0.2) is 5.69 Å². The Hall–Kier alpha value is -1.79. The molecule has 0 fully saturated rings. The van der Waals surface area contributed by atoms with Crippen LogP contribution in [0, 0.1) is 5.95 Å². The van der Waals surface area contributed by atoms with Gasteiger partial charge in [-0.25, -0.2) is 18.6 Å². The molecule has 1 heterocycles. The Morgan fingerprint density at radius 2 is 2.14 bits per heavy atom. The molecule has 14 heavy (non-hydrogen) atoms. The SMILES string of the molecule is Nc1cc(F)nc(C(=O)O)c1C(F)F.